The second-order valence-corrected chi connectivity index (χ2v) is 6.35. The molecule has 0 aromatic carbocycles. The first-order valence-electron chi connectivity index (χ1n) is 7.10. The van der Waals surface area contributed by atoms with E-state index in [1.165, 1.54) is 4.52 Å². The highest BCUT2D eigenvalue weighted by Crippen LogP contribution is 2.17. The molecule has 6 nitrogen and oxygen atoms in total. The third-order valence-corrected chi connectivity index (χ3v) is 4.83. The third kappa shape index (κ3) is 2.14. The molecule has 112 valence electrons. The van der Waals surface area contributed by atoms with Crippen molar-refractivity contribution >= 4 is 22.9 Å². The van der Waals surface area contributed by atoms with Crippen LogP contribution in [0.25, 0.3) is 5.65 Å². The molecule has 1 amide bonds. The van der Waals surface area contributed by atoms with E-state index < -0.39 is 0 Å². The Morgan fingerprint density at radius 3 is 3.14 bits per heavy atom. The van der Waals surface area contributed by atoms with Crippen LogP contribution in [-0.4, -0.2) is 31.9 Å². The SMILES string of the molecule is O=C(Cc1cccs1)N1CCc2nc3cc[nH]n3c(=O)c2C1. The lowest BCUT2D eigenvalue weighted by Gasteiger charge is -2.27. The highest BCUT2D eigenvalue weighted by atomic mass is 32.1. The average molecular weight is 314 g/mol. The molecule has 0 atom stereocenters. The van der Waals surface area contributed by atoms with Gasteiger partial charge in [-0.15, -0.1) is 11.3 Å². The van der Waals surface area contributed by atoms with Crippen molar-refractivity contribution in [2.24, 2.45) is 0 Å². The van der Waals surface area contributed by atoms with Gasteiger partial charge in [-0.3, -0.25) is 14.7 Å². The molecule has 0 radical (unpaired) electrons. The predicted octanol–water partition coefficient (Wildman–Crippen LogP) is 1.21. The number of carbonyl (C=O) groups excluding carboxylic acids is 1. The number of fused-ring (bicyclic) bond motifs is 2. The zero-order valence-corrected chi connectivity index (χ0v) is 12.6. The van der Waals surface area contributed by atoms with Crippen molar-refractivity contribution in [1.82, 2.24) is 19.5 Å². The number of carbonyl (C=O) groups is 1. The summed E-state index contributed by atoms with van der Waals surface area (Å²) in [5.41, 5.74) is 1.94. The lowest BCUT2D eigenvalue weighted by molar-refractivity contribution is -0.131. The number of rotatable bonds is 2. The van der Waals surface area contributed by atoms with Crippen LogP contribution in [0.1, 0.15) is 16.1 Å². The number of amides is 1. The van der Waals surface area contributed by atoms with E-state index >= 15 is 0 Å². The Hall–Kier alpha value is -2.41. The molecule has 1 aliphatic heterocycles. The molecule has 0 aliphatic carbocycles. The van der Waals surface area contributed by atoms with E-state index in [0.29, 0.717) is 37.1 Å². The molecule has 0 bridgehead atoms. The summed E-state index contributed by atoms with van der Waals surface area (Å²) < 4.78 is 1.42. The smallest absolute Gasteiger partial charge is 0.277 e. The lowest BCUT2D eigenvalue weighted by atomic mass is 10.1. The molecule has 0 saturated carbocycles. The topological polar surface area (TPSA) is 70.5 Å². The van der Waals surface area contributed by atoms with Crippen LogP contribution in [0, 0.1) is 0 Å². The van der Waals surface area contributed by atoms with E-state index in [1.54, 1.807) is 28.5 Å². The monoisotopic (exact) mass is 314 g/mol. The van der Waals surface area contributed by atoms with Crippen LogP contribution in [0.2, 0.25) is 0 Å². The summed E-state index contributed by atoms with van der Waals surface area (Å²) in [5, 5.41) is 4.82. The number of nitrogens with one attached hydrogen (secondary N) is 1. The van der Waals surface area contributed by atoms with Gasteiger partial charge in [0.05, 0.1) is 24.2 Å². The second kappa shape index (κ2) is 5.10. The summed E-state index contributed by atoms with van der Waals surface area (Å²) in [5.74, 6) is 0.0593. The number of aromatic nitrogens is 3. The number of hydrogen-bond acceptors (Lipinski definition) is 4. The highest BCUT2D eigenvalue weighted by Gasteiger charge is 2.25. The Balaban J connectivity index is 1.63. The van der Waals surface area contributed by atoms with Crippen LogP contribution in [0.5, 0.6) is 0 Å². The Kier molecular flexibility index (Phi) is 3.07. The summed E-state index contributed by atoms with van der Waals surface area (Å²) >= 11 is 1.58. The number of thiophene rings is 1. The van der Waals surface area contributed by atoms with Crippen molar-refractivity contribution in [2.75, 3.05) is 6.54 Å². The molecular formula is C15H14N4O2S. The molecule has 4 rings (SSSR count). The van der Waals surface area contributed by atoms with Gasteiger partial charge in [0.15, 0.2) is 5.65 Å². The summed E-state index contributed by atoms with van der Waals surface area (Å²) in [4.78, 5) is 32.2. The van der Waals surface area contributed by atoms with Crippen molar-refractivity contribution in [2.45, 2.75) is 19.4 Å². The minimum atomic E-state index is -0.112. The number of hydrogen-bond donors (Lipinski definition) is 1. The average Bonchev–Trinajstić information content (AvgIpc) is 3.18. The Morgan fingerprint density at radius 1 is 1.41 bits per heavy atom. The van der Waals surface area contributed by atoms with Crippen molar-refractivity contribution in [3.8, 4) is 0 Å². The molecule has 0 unspecified atom stereocenters. The summed E-state index contributed by atoms with van der Waals surface area (Å²) in [6, 6.07) is 5.67. The Morgan fingerprint density at radius 2 is 2.32 bits per heavy atom. The molecule has 1 N–H and O–H groups in total. The molecule has 1 aliphatic rings. The fourth-order valence-corrected chi connectivity index (χ4v) is 3.50. The van der Waals surface area contributed by atoms with Crippen molar-refractivity contribution in [1.29, 1.82) is 0 Å². The number of nitrogens with zero attached hydrogens (tertiary/aromatic N) is 3. The lowest BCUT2D eigenvalue weighted by Crippen LogP contribution is -2.40. The molecule has 3 aromatic rings. The number of aromatic amines is 1. The van der Waals surface area contributed by atoms with E-state index in [4.69, 9.17) is 0 Å². The van der Waals surface area contributed by atoms with E-state index in [2.05, 4.69) is 10.1 Å². The molecule has 22 heavy (non-hydrogen) atoms. The maximum atomic E-state index is 12.5. The molecule has 0 fully saturated rings. The normalized spacial score (nSPS) is 14.3. The van der Waals surface area contributed by atoms with E-state index in [0.717, 1.165) is 10.6 Å². The van der Waals surface area contributed by atoms with Crippen LogP contribution >= 0.6 is 11.3 Å². The van der Waals surface area contributed by atoms with Gasteiger partial charge in [-0.25, -0.2) is 9.50 Å². The third-order valence-electron chi connectivity index (χ3n) is 3.95. The maximum Gasteiger partial charge on any atom is 0.277 e. The predicted molar refractivity (Wildman–Crippen MR) is 83.0 cm³/mol. The fourth-order valence-electron chi connectivity index (χ4n) is 2.80. The zero-order chi connectivity index (χ0) is 15.1. The van der Waals surface area contributed by atoms with Crippen LogP contribution in [0.15, 0.2) is 34.6 Å². The van der Waals surface area contributed by atoms with Crippen molar-refractivity contribution in [3.05, 3.63) is 56.3 Å². The van der Waals surface area contributed by atoms with Crippen LogP contribution in [0.4, 0.5) is 0 Å². The quantitative estimate of drug-likeness (QED) is 0.773. The van der Waals surface area contributed by atoms with Gasteiger partial charge >= 0.3 is 0 Å². The fraction of sp³-hybridized carbons (Fsp3) is 0.267. The van der Waals surface area contributed by atoms with Gasteiger partial charge in [-0.1, -0.05) is 6.07 Å². The maximum absolute atomic E-state index is 12.5. The van der Waals surface area contributed by atoms with Gasteiger partial charge in [-0.2, -0.15) is 0 Å². The first-order valence-corrected chi connectivity index (χ1v) is 7.98. The highest BCUT2D eigenvalue weighted by molar-refractivity contribution is 7.10. The molecule has 0 saturated heterocycles. The van der Waals surface area contributed by atoms with Gasteiger partial charge in [0.2, 0.25) is 5.91 Å². The second-order valence-electron chi connectivity index (χ2n) is 5.32. The first-order chi connectivity index (χ1) is 10.7. The molecule has 7 heteroatoms. The zero-order valence-electron chi connectivity index (χ0n) is 11.8. The Labute approximate surface area is 130 Å². The molecule has 3 aromatic heterocycles. The molecule has 0 spiro atoms. The largest absolute Gasteiger partial charge is 0.337 e. The summed E-state index contributed by atoms with van der Waals surface area (Å²) in [6.07, 6.45) is 2.71. The minimum Gasteiger partial charge on any atom is -0.337 e. The first kappa shape index (κ1) is 13.3. The molecule has 4 heterocycles. The minimum absolute atomic E-state index is 0.0593. The van der Waals surface area contributed by atoms with Crippen LogP contribution in [-0.2, 0) is 24.2 Å². The summed E-state index contributed by atoms with van der Waals surface area (Å²) in [7, 11) is 0. The van der Waals surface area contributed by atoms with Crippen molar-refractivity contribution in [3.63, 3.8) is 0 Å². The Bertz CT molecular complexity index is 894. The van der Waals surface area contributed by atoms with E-state index in [9.17, 15) is 9.59 Å². The molecular weight excluding hydrogens is 300 g/mol. The van der Waals surface area contributed by atoms with Gasteiger partial charge in [0.25, 0.3) is 5.56 Å². The van der Waals surface area contributed by atoms with Gasteiger partial charge in [0.1, 0.15) is 0 Å². The van der Waals surface area contributed by atoms with Gasteiger partial charge in [-0.05, 0) is 11.4 Å². The summed E-state index contributed by atoms with van der Waals surface area (Å²) in [6.45, 7) is 0.956. The van der Waals surface area contributed by atoms with Crippen LogP contribution < -0.4 is 5.56 Å². The van der Waals surface area contributed by atoms with Gasteiger partial charge in [0, 0.05) is 30.1 Å². The van der Waals surface area contributed by atoms with E-state index in [1.807, 2.05) is 17.5 Å². The van der Waals surface area contributed by atoms with E-state index in [-0.39, 0.29) is 11.5 Å². The van der Waals surface area contributed by atoms with Crippen LogP contribution in [0.3, 0.4) is 0 Å². The number of H-pyrrole nitrogens is 1. The van der Waals surface area contributed by atoms with Gasteiger partial charge < -0.3 is 4.90 Å². The van der Waals surface area contributed by atoms with Crippen molar-refractivity contribution < 1.29 is 4.79 Å². The standard InChI is InChI=1S/C15H14N4O2S/c20-14(8-10-2-1-7-22-10)18-6-4-12-11(9-18)15(21)19-13(17-12)3-5-16-19/h1-3,5,7,16H,4,6,8-9H2.